The van der Waals surface area contributed by atoms with Crippen molar-refractivity contribution in [2.75, 3.05) is 6.61 Å². The molecule has 0 aliphatic rings. The Bertz CT molecular complexity index is 379. The summed E-state index contributed by atoms with van der Waals surface area (Å²) < 4.78 is 5.37. The molecule has 14 heavy (non-hydrogen) atoms. The van der Waals surface area contributed by atoms with Gasteiger partial charge in [-0.15, -0.1) is 0 Å². The lowest BCUT2D eigenvalue weighted by Gasteiger charge is -2.07. The van der Waals surface area contributed by atoms with Crippen molar-refractivity contribution in [2.24, 2.45) is 4.99 Å². The summed E-state index contributed by atoms with van der Waals surface area (Å²) in [5.74, 6) is 0.710. The van der Waals surface area contributed by atoms with Gasteiger partial charge in [-0.25, -0.2) is 4.79 Å². The predicted octanol–water partition coefficient (Wildman–Crippen LogP) is 2.53. The van der Waals surface area contributed by atoms with Gasteiger partial charge in [0.15, 0.2) is 0 Å². The number of ether oxygens (including phenoxy) is 1. The van der Waals surface area contributed by atoms with Crippen molar-refractivity contribution in [1.29, 1.82) is 0 Å². The quantitative estimate of drug-likeness (QED) is 0.414. The molecule has 1 aromatic carbocycles. The third kappa shape index (κ3) is 2.31. The second-order valence-corrected chi connectivity index (χ2v) is 2.70. The van der Waals surface area contributed by atoms with E-state index >= 15 is 0 Å². The number of rotatable bonds is 4. The molecule has 0 fully saturated rings. The lowest BCUT2D eigenvalue weighted by molar-refractivity contribution is 0.361. The first-order chi connectivity index (χ1) is 6.79. The van der Waals surface area contributed by atoms with E-state index in [2.05, 4.69) is 11.6 Å². The van der Waals surface area contributed by atoms with Crippen LogP contribution in [0.3, 0.4) is 0 Å². The zero-order chi connectivity index (χ0) is 10.4. The molecule has 0 bridgehead atoms. The molecule has 0 amide bonds. The largest absolute Gasteiger partial charge is 0.489 e. The number of carbonyl (C=O) groups excluding carboxylic acids is 1. The van der Waals surface area contributed by atoms with Crippen LogP contribution in [0, 0.1) is 6.92 Å². The summed E-state index contributed by atoms with van der Waals surface area (Å²) in [7, 11) is 0. The van der Waals surface area contributed by atoms with E-state index in [0.717, 1.165) is 5.56 Å². The SMILES string of the molecule is C=CCOc1cccc(N=C=O)c1C. The van der Waals surface area contributed by atoms with Crippen molar-refractivity contribution in [1.82, 2.24) is 0 Å². The van der Waals surface area contributed by atoms with Crippen LogP contribution in [0.1, 0.15) is 5.56 Å². The van der Waals surface area contributed by atoms with Gasteiger partial charge in [-0.1, -0.05) is 18.7 Å². The van der Waals surface area contributed by atoms with Crippen LogP contribution in [-0.2, 0) is 4.79 Å². The molecule has 0 spiro atoms. The highest BCUT2D eigenvalue weighted by Gasteiger charge is 2.02. The molecule has 0 heterocycles. The molecule has 0 unspecified atom stereocenters. The highest BCUT2D eigenvalue weighted by molar-refractivity contribution is 5.57. The maximum atomic E-state index is 10.1. The van der Waals surface area contributed by atoms with Crippen LogP contribution in [0.15, 0.2) is 35.8 Å². The van der Waals surface area contributed by atoms with Gasteiger partial charge < -0.3 is 4.74 Å². The second kappa shape index (κ2) is 5.00. The Labute approximate surface area is 82.7 Å². The Morgan fingerprint density at radius 1 is 1.64 bits per heavy atom. The highest BCUT2D eigenvalue weighted by Crippen LogP contribution is 2.27. The number of hydrogen-bond acceptors (Lipinski definition) is 3. The van der Waals surface area contributed by atoms with Crippen LogP contribution in [0.4, 0.5) is 5.69 Å². The lowest BCUT2D eigenvalue weighted by Crippen LogP contribution is -1.94. The summed E-state index contributed by atoms with van der Waals surface area (Å²) in [4.78, 5) is 13.7. The summed E-state index contributed by atoms with van der Waals surface area (Å²) in [6, 6.07) is 5.34. The number of nitrogens with zero attached hydrogens (tertiary/aromatic N) is 1. The summed E-state index contributed by atoms with van der Waals surface area (Å²) in [6.45, 7) is 5.83. The fraction of sp³-hybridized carbons (Fsp3) is 0.182. The van der Waals surface area contributed by atoms with E-state index in [1.807, 2.05) is 13.0 Å². The van der Waals surface area contributed by atoms with E-state index in [4.69, 9.17) is 4.74 Å². The molecular formula is C11H11NO2. The molecule has 0 aliphatic carbocycles. The van der Waals surface area contributed by atoms with E-state index in [1.165, 1.54) is 6.08 Å². The Hall–Kier alpha value is -1.86. The van der Waals surface area contributed by atoms with Gasteiger partial charge in [0.25, 0.3) is 0 Å². The molecule has 0 saturated carbocycles. The average Bonchev–Trinajstić information content (AvgIpc) is 2.20. The molecular weight excluding hydrogens is 178 g/mol. The molecule has 0 N–H and O–H groups in total. The first kappa shape index (κ1) is 10.2. The summed E-state index contributed by atoms with van der Waals surface area (Å²) in [6.07, 6.45) is 3.17. The Kier molecular flexibility index (Phi) is 3.65. The Balaban J connectivity index is 3.00. The van der Waals surface area contributed by atoms with Crippen molar-refractivity contribution in [2.45, 2.75) is 6.92 Å². The van der Waals surface area contributed by atoms with E-state index < -0.39 is 0 Å². The third-order valence-electron chi connectivity index (χ3n) is 1.78. The van der Waals surface area contributed by atoms with E-state index in [-0.39, 0.29) is 0 Å². The molecule has 0 atom stereocenters. The van der Waals surface area contributed by atoms with Gasteiger partial charge in [0.2, 0.25) is 6.08 Å². The minimum atomic E-state index is 0.440. The normalized spacial score (nSPS) is 8.93. The number of benzene rings is 1. The lowest BCUT2D eigenvalue weighted by atomic mass is 10.2. The molecule has 3 nitrogen and oxygen atoms in total. The molecule has 1 rings (SSSR count). The first-order valence-electron chi connectivity index (χ1n) is 4.20. The van der Waals surface area contributed by atoms with Gasteiger partial charge in [0, 0.05) is 5.56 Å². The zero-order valence-electron chi connectivity index (χ0n) is 7.99. The Morgan fingerprint density at radius 3 is 3.07 bits per heavy atom. The van der Waals surface area contributed by atoms with Crippen LogP contribution >= 0.6 is 0 Å². The molecule has 0 radical (unpaired) electrons. The van der Waals surface area contributed by atoms with Crippen LogP contribution in [0.2, 0.25) is 0 Å². The van der Waals surface area contributed by atoms with Crippen LogP contribution < -0.4 is 4.74 Å². The topological polar surface area (TPSA) is 38.7 Å². The highest BCUT2D eigenvalue weighted by atomic mass is 16.5. The van der Waals surface area contributed by atoms with Gasteiger partial charge in [-0.3, -0.25) is 0 Å². The van der Waals surface area contributed by atoms with Gasteiger partial charge in [-0.2, -0.15) is 4.99 Å². The van der Waals surface area contributed by atoms with Crippen LogP contribution in [0.25, 0.3) is 0 Å². The van der Waals surface area contributed by atoms with E-state index in [0.29, 0.717) is 18.0 Å². The van der Waals surface area contributed by atoms with Crippen molar-refractivity contribution in [3.05, 3.63) is 36.4 Å². The third-order valence-corrected chi connectivity index (χ3v) is 1.78. The molecule has 1 aromatic rings. The van der Waals surface area contributed by atoms with Crippen molar-refractivity contribution in [3.8, 4) is 5.75 Å². The molecule has 72 valence electrons. The smallest absolute Gasteiger partial charge is 0.240 e. The fourth-order valence-corrected chi connectivity index (χ4v) is 1.08. The summed E-state index contributed by atoms with van der Waals surface area (Å²) >= 11 is 0. The summed E-state index contributed by atoms with van der Waals surface area (Å²) in [5, 5.41) is 0. The second-order valence-electron chi connectivity index (χ2n) is 2.70. The minimum absolute atomic E-state index is 0.440. The van der Waals surface area contributed by atoms with Gasteiger partial charge in [-0.05, 0) is 19.1 Å². The zero-order valence-corrected chi connectivity index (χ0v) is 7.99. The number of hydrogen-bond donors (Lipinski definition) is 0. The average molecular weight is 189 g/mol. The van der Waals surface area contributed by atoms with Crippen molar-refractivity contribution >= 4 is 11.8 Å². The van der Waals surface area contributed by atoms with Crippen molar-refractivity contribution < 1.29 is 9.53 Å². The van der Waals surface area contributed by atoms with E-state index in [9.17, 15) is 4.79 Å². The minimum Gasteiger partial charge on any atom is -0.489 e. The monoisotopic (exact) mass is 189 g/mol. The maximum absolute atomic E-state index is 10.1. The van der Waals surface area contributed by atoms with E-state index in [1.54, 1.807) is 18.2 Å². The predicted molar refractivity (Wildman–Crippen MR) is 54.7 cm³/mol. The number of aliphatic imine (C=N–C) groups is 1. The maximum Gasteiger partial charge on any atom is 0.240 e. The molecule has 0 aliphatic heterocycles. The van der Waals surface area contributed by atoms with Gasteiger partial charge in [0.05, 0.1) is 5.69 Å². The van der Waals surface area contributed by atoms with Gasteiger partial charge >= 0.3 is 0 Å². The fourth-order valence-electron chi connectivity index (χ4n) is 1.08. The van der Waals surface area contributed by atoms with Crippen LogP contribution in [-0.4, -0.2) is 12.7 Å². The molecule has 0 saturated heterocycles. The van der Waals surface area contributed by atoms with Crippen molar-refractivity contribution in [3.63, 3.8) is 0 Å². The Morgan fingerprint density at radius 2 is 2.43 bits per heavy atom. The molecule has 3 heteroatoms. The summed E-state index contributed by atoms with van der Waals surface area (Å²) in [5.41, 5.74) is 1.42. The van der Waals surface area contributed by atoms with Gasteiger partial charge in [0.1, 0.15) is 12.4 Å². The molecule has 0 aromatic heterocycles. The first-order valence-corrected chi connectivity index (χ1v) is 4.20. The van der Waals surface area contributed by atoms with Crippen LogP contribution in [0.5, 0.6) is 5.75 Å². The standard InChI is InChI=1S/C11H11NO2/c1-3-7-14-11-6-4-5-10(9(11)2)12-8-13/h3-6H,1,7H2,2H3. The number of isocyanates is 1.